The number of rotatable bonds is 1. The Bertz CT molecular complexity index is 919. The van der Waals surface area contributed by atoms with Crippen molar-refractivity contribution >= 4 is 17.0 Å². The summed E-state index contributed by atoms with van der Waals surface area (Å²) in [6.07, 6.45) is 3.95. The molecule has 0 N–H and O–H groups in total. The van der Waals surface area contributed by atoms with E-state index in [4.69, 9.17) is 9.15 Å². The maximum Gasteiger partial charge on any atom is 0.193 e. The predicted molar refractivity (Wildman–Crippen MR) is 82.4 cm³/mol. The topological polar surface area (TPSA) is 39.4 Å². The maximum atomic E-state index is 12.2. The first kappa shape index (κ1) is 12.0. The van der Waals surface area contributed by atoms with Gasteiger partial charge in [-0.1, -0.05) is 30.3 Å². The van der Waals surface area contributed by atoms with Crippen molar-refractivity contribution in [1.29, 1.82) is 0 Å². The molecule has 3 nitrogen and oxygen atoms in total. The molecule has 0 spiro atoms. The smallest absolute Gasteiger partial charge is 0.193 e. The van der Waals surface area contributed by atoms with Gasteiger partial charge in [-0.05, 0) is 24.3 Å². The summed E-state index contributed by atoms with van der Waals surface area (Å²) >= 11 is 0. The fourth-order valence-electron chi connectivity index (χ4n) is 2.60. The van der Waals surface area contributed by atoms with Crippen LogP contribution >= 0.6 is 0 Å². The minimum absolute atomic E-state index is 0.0369. The van der Waals surface area contributed by atoms with Gasteiger partial charge >= 0.3 is 0 Å². The monoisotopic (exact) mass is 276 g/mol. The van der Waals surface area contributed by atoms with Crippen molar-refractivity contribution in [2.75, 3.05) is 6.61 Å². The third-order valence-electron chi connectivity index (χ3n) is 3.59. The van der Waals surface area contributed by atoms with Crippen LogP contribution in [0.15, 0.2) is 63.8 Å². The Morgan fingerprint density at radius 3 is 2.86 bits per heavy atom. The summed E-state index contributed by atoms with van der Waals surface area (Å²) in [6.45, 7) is 0.568. The Kier molecular flexibility index (Phi) is 2.64. The first-order chi connectivity index (χ1) is 10.3. The Morgan fingerprint density at radius 1 is 1.00 bits per heavy atom. The molecule has 0 unspecified atom stereocenters. The molecule has 102 valence electrons. The van der Waals surface area contributed by atoms with Crippen LogP contribution in [-0.4, -0.2) is 6.61 Å². The standard InChI is InChI=1S/C18H12O3/c19-15-11-18(21-17-8-2-1-5-14(15)17)13-6-3-9-16-12(13)7-4-10-20-16/h1-9,11H,10H2. The molecule has 0 saturated carbocycles. The van der Waals surface area contributed by atoms with Crippen molar-refractivity contribution in [3.05, 3.63) is 70.4 Å². The quantitative estimate of drug-likeness (QED) is 0.677. The largest absolute Gasteiger partial charge is 0.489 e. The van der Waals surface area contributed by atoms with Crippen molar-refractivity contribution in [3.63, 3.8) is 0 Å². The first-order valence-electron chi connectivity index (χ1n) is 6.78. The molecule has 1 aromatic heterocycles. The van der Waals surface area contributed by atoms with E-state index in [1.807, 2.05) is 48.6 Å². The number of hydrogen-bond donors (Lipinski definition) is 0. The van der Waals surface area contributed by atoms with Gasteiger partial charge in [0.15, 0.2) is 5.43 Å². The van der Waals surface area contributed by atoms with Crippen molar-refractivity contribution in [3.8, 4) is 17.1 Å². The van der Waals surface area contributed by atoms with E-state index in [1.165, 1.54) is 0 Å². The predicted octanol–water partition coefficient (Wildman–Crippen LogP) is 3.87. The molecular formula is C18H12O3. The Hall–Kier alpha value is -2.81. The van der Waals surface area contributed by atoms with Crippen molar-refractivity contribution < 1.29 is 9.15 Å². The minimum atomic E-state index is -0.0369. The molecule has 0 saturated heterocycles. The van der Waals surface area contributed by atoms with Gasteiger partial charge in [-0.3, -0.25) is 4.79 Å². The molecule has 4 rings (SSSR count). The fourth-order valence-corrected chi connectivity index (χ4v) is 2.60. The van der Waals surface area contributed by atoms with Gasteiger partial charge < -0.3 is 9.15 Å². The van der Waals surface area contributed by atoms with Crippen LogP contribution in [0.4, 0.5) is 0 Å². The molecule has 0 bridgehead atoms. The van der Waals surface area contributed by atoms with Gasteiger partial charge in [0.05, 0.1) is 5.39 Å². The lowest BCUT2D eigenvalue weighted by molar-refractivity contribution is 0.358. The summed E-state index contributed by atoms with van der Waals surface area (Å²) in [6, 6.07) is 14.6. The zero-order valence-electron chi connectivity index (χ0n) is 11.2. The van der Waals surface area contributed by atoms with E-state index in [2.05, 4.69) is 0 Å². The van der Waals surface area contributed by atoms with E-state index in [-0.39, 0.29) is 5.43 Å². The summed E-state index contributed by atoms with van der Waals surface area (Å²) in [7, 11) is 0. The van der Waals surface area contributed by atoms with Gasteiger partial charge in [0, 0.05) is 17.2 Å². The zero-order valence-corrected chi connectivity index (χ0v) is 11.2. The third kappa shape index (κ3) is 1.94. The normalized spacial score (nSPS) is 13.0. The highest BCUT2D eigenvalue weighted by Gasteiger charge is 2.14. The number of fused-ring (bicyclic) bond motifs is 2. The third-order valence-corrected chi connectivity index (χ3v) is 3.59. The van der Waals surface area contributed by atoms with Crippen LogP contribution in [0.2, 0.25) is 0 Å². The highest BCUT2D eigenvalue weighted by atomic mass is 16.5. The number of benzene rings is 2. The summed E-state index contributed by atoms with van der Waals surface area (Å²) in [5.74, 6) is 1.37. The molecule has 1 aliphatic heterocycles. The molecule has 1 aliphatic rings. The fraction of sp³-hybridized carbons (Fsp3) is 0.0556. The molecule has 2 aromatic carbocycles. The summed E-state index contributed by atoms with van der Waals surface area (Å²) in [5.41, 5.74) is 2.37. The van der Waals surface area contributed by atoms with E-state index in [0.29, 0.717) is 23.3 Å². The molecular weight excluding hydrogens is 264 g/mol. The molecule has 3 aromatic rings. The van der Waals surface area contributed by atoms with Crippen LogP contribution in [0.5, 0.6) is 5.75 Å². The van der Waals surface area contributed by atoms with Gasteiger partial charge in [-0.2, -0.15) is 0 Å². The SMILES string of the molecule is O=c1cc(-c2cccc3c2C=CCO3)oc2ccccc12. The van der Waals surface area contributed by atoms with Gasteiger partial charge in [0.1, 0.15) is 23.7 Å². The van der Waals surface area contributed by atoms with E-state index >= 15 is 0 Å². The second-order valence-corrected chi connectivity index (χ2v) is 4.90. The highest BCUT2D eigenvalue weighted by molar-refractivity contribution is 5.82. The second kappa shape index (κ2) is 4.63. The minimum Gasteiger partial charge on any atom is -0.489 e. The molecule has 0 aliphatic carbocycles. The van der Waals surface area contributed by atoms with Crippen LogP contribution in [-0.2, 0) is 0 Å². The van der Waals surface area contributed by atoms with Crippen LogP contribution in [0.3, 0.4) is 0 Å². The molecule has 0 fully saturated rings. The van der Waals surface area contributed by atoms with Crippen molar-refractivity contribution in [1.82, 2.24) is 0 Å². The van der Waals surface area contributed by atoms with Gasteiger partial charge in [0.25, 0.3) is 0 Å². The first-order valence-corrected chi connectivity index (χ1v) is 6.78. The second-order valence-electron chi connectivity index (χ2n) is 4.90. The van der Waals surface area contributed by atoms with E-state index < -0.39 is 0 Å². The Balaban J connectivity index is 2.00. The average Bonchev–Trinajstić information content (AvgIpc) is 2.54. The van der Waals surface area contributed by atoms with Crippen molar-refractivity contribution in [2.24, 2.45) is 0 Å². The van der Waals surface area contributed by atoms with Gasteiger partial charge in [-0.15, -0.1) is 0 Å². The lowest BCUT2D eigenvalue weighted by atomic mass is 10.0. The summed E-state index contributed by atoms with van der Waals surface area (Å²) in [5, 5.41) is 0.595. The van der Waals surface area contributed by atoms with Crippen LogP contribution in [0.1, 0.15) is 5.56 Å². The van der Waals surface area contributed by atoms with E-state index in [0.717, 1.165) is 16.9 Å². The van der Waals surface area contributed by atoms with Gasteiger partial charge in [0.2, 0.25) is 0 Å². The molecule has 3 heteroatoms. The molecule has 0 amide bonds. The summed E-state index contributed by atoms with van der Waals surface area (Å²) in [4.78, 5) is 12.2. The van der Waals surface area contributed by atoms with Crippen LogP contribution in [0, 0.1) is 0 Å². The van der Waals surface area contributed by atoms with E-state index in [1.54, 1.807) is 12.1 Å². The Labute approximate surface area is 121 Å². The Morgan fingerprint density at radius 2 is 1.90 bits per heavy atom. The van der Waals surface area contributed by atoms with Crippen LogP contribution in [0.25, 0.3) is 28.4 Å². The lowest BCUT2D eigenvalue weighted by Crippen LogP contribution is -2.03. The summed E-state index contributed by atoms with van der Waals surface area (Å²) < 4.78 is 11.5. The zero-order chi connectivity index (χ0) is 14.2. The highest BCUT2D eigenvalue weighted by Crippen LogP contribution is 2.34. The van der Waals surface area contributed by atoms with Crippen LogP contribution < -0.4 is 10.2 Å². The van der Waals surface area contributed by atoms with E-state index in [9.17, 15) is 4.79 Å². The molecule has 21 heavy (non-hydrogen) atoms. The number of para-hydroxylation sites is 1. The molecule has 0 atom stereocenters. The average molecular weight is 276 g/mol. The van der Waals surface area contributed by atoms with Gasteiger partial charge in [-0.25, -0.2) is 0 Å². The molecule has 2 heterocycles. The maximum absolute atomic E-state index is 12.2. The number of ether oxygens (including phenoxy) is 1. The molecule has 0 radical (unpaired) electrons. The lowest BCUT2D eigenvalue weighted by Gasteiger charge is -2.15. The number of hydrogen-bond acceptors (Lipinski definition) is 3. The van der Waals surface area contributed by atoms with Crippen molar-refractivity contribution in [2.45, 2.75) is 0 Å².